The molecule has 0 aromatic rings. The van der Waals surface area contributed by atoms with Gasteiger partial charge in [0.1, 0.15) is 0 Å². The van der Waals surface area contributed by atoms with Crippen LogP contribution in [0.15, 0.2) is 0 Å². The molecule has 0 aliphatic carbocycles. The summed E-state index contributed by atoms with van der Waals surface area (Å²) in [6.45, 7) is 9.33. The Labute approximate surface area is 117 Å². The maximum atomic E-state index is 5.66. The predicted octanol–water partition coefficient (Wildman–Crippen LogP) is 1.36. The van der Waals surface area contributed by atoms with Gasteiger partial charge in [-0.3, -0.25) is 0 Å². The van der Waals surface area contributed by atoms with E-state index >= 15 is 0 Å². The summed E-state index contributed by atoms with van der Waals surface area (Å²) in [6, 6.07) is 0.635. The first-order valence-corrected chi connectivity index (χ1v) is 7.87. The van der Waals surface area contributed by atoms with E-state index in [-0.39, 0.29) is 0 Å². The van der Waals surface area contributed by atoms with Crippen molar-refractivity contribution in [3.8, 4) is 0 Å². The molecule has 0 radical (unpaired) electrons. The van der Waals surface area contributed by atoms with Crippen LogP contribution in [0.25, 0.3) is 0 Å². The first-order valence-electron chi connectivity index (χ1n) is 7.87. The monoisotopic (exact) mass is 270 g/mol. The molecule has 2 heterocycles. The molecule has 2 unspecified atom stereocenters. The minimum atomic E-state index is 0.635. The van der Waals surface area contributed by atoms with Gasteiger partial charge in [0.2, 0.25) is 0 Å². The van der Waals surface area contributed by atoms with Crippen LogP contribution in [-0.4, -0.2) is 64.1 Å². The predicted molar refractivity (Wildman–Crippen MR) is 77.4 cm³/mol. The second-order valence-electron chi connectivity index (χ2n) is 6.06. The molecule has 112 valence electrons. The van der Waals surface area contributed by atoms with Crippen LogP contribution >= 0.6 is 0 Å². The van der Waals surface area contributed by atoms with Gasteiger partial charge >= 0.3 is 0 Å². The normalized spacial score (nSPS) is 29.8. The van der Waals surface area contributed by atoms with E-state index in [0.29, 0.717) is 12.0 Å². The lowest BCUT2D eigenvalue weighted by molar-refractivity contribution is 0.0127. The summed E-state index contributed by atoms with van der Waals surface area (Å²) in [5.41, 5.74) is 0. The molecule has 2 rings (SSSR count). The molecule has 4 nitrogen and oxygen atoms in total. The Kier molecular flexibility index (Phi) is 6.57. The zero-order chi connectivity index (χ0) is 13.5. The smallest absolute Gasteiger partial charge is 0.0521 e. The number of ether oxygens (including phenoxy) is 2. The topological polar surface area (TPSA) is 33.7 Å². The third-order valence-corrected chi connectivity index (χ3v) is 4.40. The van der Waals surface area contributed by atoms with Crippen molar-refractivity contribution < 1.29 is 9.47 Å². The number of rotatable bonds is 6. The highest BCUT2D eigenvalue weighted by Gasteiger charge is 2.26. The first-order chi connectivity index (χ1) is 9.29. The van der Waals surface area contributed by atoms with Gasteiger partial charge in [-0.05, 0) is 38.8 Å². The average Bonchev–Trinajstić information content (AvgIpc) is 2.42. The third-order valence-electron chi connectivity index (χ3n) is 4.40. The van der Waals surface area contributed by atoms with Crippen LogP contribution in [0.3, 0.4) is 0 Å². The Bertz CT molecular complexity index is 242. The fraction of sp³-hybridized carbons (Fsp3) is 1.00. The SMILES string of the molecule is CCNC1CCOCC1CN(C)CC1CCOCC1. The first kappa shape index (κ1) is 15.2. The van der Waals surface area contributed by atoms with Gasteiger partial charge in [-0.15, -0.1) is 0 Å². The molecule has 19 heavy (non-hydrogen) atoms. The molecular weight excluding hydrogens is 240 g/mol. The zero-order valence-electron chi connectivity index (χ0n) is 12.6. The van der Waals surface area contributed by atoms with Gasteiger partial charge in [0.15, 0.2) is 0 Å². The molecule has 0 saturated carbocycles. The van der Waals surface area contributed by atoms with Crippen LogP contribution in [0.4, 0.5) is 0 Å². The molecule has 2 fully saturated rings. The largest absolute Gasteiger partial charge is 0.381 e. The molecule has 0 aromatic carbocycles. The lowest BCUT2D eigenvalue weighted by Gasteiger charge is -2.36. The quantitative estimate of drug-likeness (QED) is 0.790. The van der Waals surface area contributed by atoms with Crippen molar-refractivity contribution >= 4 is 0 Å². The molecule has 0 aromatic heterocycles. The lowest BCUT2D eigenvalue weighted by atomic mass is 9.94. The van der Waals surface area contributed by atoms with Crippen molar-refractivity contribution in [2.45, 2.75) is 32.2 Å². The second-order valence-corrected chi connectivity index (χ2v) is 6.06. The molecule has 0 bridgehead atoms. The van der Waals surface area contributed by atoms with Crippen molar-refractivity contribution in [1.29, 1.82) is 0 Å². The van der Waals surface area contributed by atoms with Gasteiger partial charge in [0, 0.05) is 44.9 Å². The molecular formula is C15H30N2O2. The number of nitrogens with one attached hydrogen (secondary N) is 1. The Balaban J connectivity index is 1.74. The standard InChI is InChI=1S/C15H30N2O2/c1-3-16-15-6-9-19-12-14(15)11-17(2)10-13-4-7-18-8-5-13/h13-16H,3-12H2,1-2H3. The van der Waals surface area contributed by atoms with E-state index in [1.807, 2.05) is 0 Å². The Morgan fingerprint density at radius 3 is 2.53 bits per heavy atom. The van der Waals surface area contributed by atoms with E-state index in [4.69, 9.17) is 9.47 Å². The Morgan fingerprint density at radius 1 is 1.05 bits per heavy atom. The van der Waals surface area contributed by atoms with Gasteiger partial charge in [-0.1, -0.05) is 6.92 Å². The van der Waals surface area contributed by atoms with Crippen molar-refractivity contribution in [2.24, 2.45) is 11.8 Å². The Hall–Kier alpha value is -0.160. The zero-order valence-corrected chi connectivity index (χ0v) is 12.6. The molecule has 2 aliphatic heterocycles. The summed E-state index contributed by atoms with van der Waals surface area (Å²) in [4.78, 5) is 2.50. The summed E-state index contributed by atoms with van der Waals surface area (Å²) in [6.07, 6.45) is 3.61. The summed E-state index contributed by atoms with van der Waals surface area (Å²) >= 11 is 0. The summed E-state index contributed by atoms with van der Waals surface area (Å²) in [5, 5.41) is 3.62. The minimum Gasteiger partial charge on any atom is -0.381 e. The van der Waals surface area contributed by atoms with Crippen LogP contribution in [0, 0.1) is 11.8 Å². The van der Waals surface area contributed by atoms with Gasteiger partial charge in [-0.2, -0.15) is 0 Å². The molecule has 0 amide bonds. The molecule has 2 atom stereocenters. The van der Waals surface area contributed by atoms with Crippen LogP contribution in [0.2, 0.25) is 0 Å². The van der Waals surface area contributed by atoms with E-state index < -0.39 is 0 Å². The van der Waals surface area contributed by atoms with Crippen LogP contribution in [0.5, 0.6) is 0 Å². The van der Waals surface area contributed by atoms with E-state index in [2.05, 4.69) is 24.2 Å². The molecule has 2 aliphatic rings. The van der Waals surface area contributed by atoms with Crippen molar-refractivity contribution in [2.75, 3.05) is 53.1 Å². The summed E-state index contributed by atoms with van der Waals surface area (Å²) < 4.78 is 11.1. The highest BCUT2D eigenvalue weighted by Crippen LogP contribution is 2.19. The molecule has 0 spiro atoms. The van der Waals surface area contributed by atoms with E-state index in [0.717, 1.165) is 51.9 Å². The lowest BCUT2D eigenvalue weighted by Crippen LogP contribution is -2.47. The highest BCUT2D eigenvalue weighted by molar-refractivity contribution is 4.82. The number of hydrogen-bond acceptors (Lipinski definition) is 4. The minimum absolute atomic E-state index is 0.635. The van der Waals surface area contributed by atoms with Gasteiger partial charge < -0.3 is 19.7 Å². The Morgan fingerprint density at radius 2 is 1.79 bits per heavy atom. The van der Waals surface area contributed by atoms with Crippen LogP contribution < -0.4 is 5.32 Å². The van der Waals surface area contributed by atoms with E-state index in [1.54, 1.807) is 0 Å². The van der Waals surface area contributed by atoms with Crippen molar-refractivity contribution in [1.82, 2.24) is 10.2 Å². The fourth-order valence-corrected chi connectivity index (χ4v) is 3.35. The fourth-order valence-electron chi connectivity index (χ4n) is 3.35. The molecule has 1 N–H and O–H groups in total. The number of hydrogen-bond donors (Lipinski definition) is 1. The van der Waals surface area contributed by atoms with E-state index in [1.165, 1.54) is 19.4 Å². The van der Waals surface area contributed by atoms with E-state index in [9.17, 15) is 0 Å². The number of nitrogens with zero attached hydrogens (tertiary/aromatic N) is 1. The van der Waals surface area contributed by atoms with Crippen molar-refractivity contribution in [3.05, 3.63) is 0 Å². The van der Waals surface area contributed by atoms with Gasteiger partial charge in [-0.25, -0.2) is 0 Å². The molecule has 2 saturated heterocycles. The maximum absolute atomic E-state index is 5.66. The maximum Gasteiger partial charge on any atom is 0.0521 e. The molecule has 4 heteroatoms. The van der Waals surface area contributed by atoms with Crippen molar-refractivity contribution in [3.63, 3.8) is 0 Å². The van der Waals surface area contributed by atoms with Crippen LogP contribution in [0.1, 0.15) is 26.2 Å². The summed E-state index contributed by atoms with van der Waals surface area (Å²) in [5.74, 6) is 1.46. The third kappa shape index (κ3) is 5.03. The highest BCUT2D eigenvalue weighted by atomic mass is 16.5. The summed E-state index contributed by atoms with van der Waals surface area (Å²) in [7, 11) is 2.26. The van der Waals surface area contributed by atoms with Crippen LogP contribution in [-0.2, 0) is 9.47 Å². The second kappa shape index (κ2) is 8.20. The average molecular weight is 270 g/mol. The van der Waals surface area contributed by atoms with Gasteiger partial charge in [0.25, 0.3) is 0 Å². The van der Waals surface area contributed by atoms with Gasteiger partial charge in [0.05, 0.1) is 6.61 Å².